The van der Waals surface area contributed by atoms with Crippen molar-refractivity contribution in [2.45, 2.75) is 13.8 Å². The number of aromatic nitrogens is 3. The third kappa shape index (κ3) is 3.54. The van der Waals surface area contributed by atoms with Crippen LogP contribution in [0.3, 0.4) is 0 Å². The van der Waals surface area contributed by atoms with Gasteiger partial charge in [0.2, 0.25) is 5.95 Å². The standard InChI is InChI=1S/C19H19ClN6O/c1-9-12(6-7-15(21)24-9)16-10(2)25-19(22)26-17(16)11-4-5-13(14(20)8-11)18(27)23-3/h4-8H,1-3H3,(H2,21,24)(H,23,27)(H2,22,25,26). The van der Waals surface area contributed by atoms with Gasteiger partial charge in [0.15, 0.2) is 0 Å². The Labute approximate surface area is 161 Å². The molecule has 3 aromatic rings. The van der Waals surface area contributed by atoms with Crippen molar-refractivity contribution in [2.24, 2.45) is 0 Å². The fourth-order valence-corrected chi connectivity index (χ4v) is 3.22. The van der Waals surface area contributed by atoms with E-state index in [1.807, 2.05) is 19.9 Å². The molecule has 0 saturated carbocycles. The zero-order chi connectivity index (χ0) is 19.7. The second-order valence-electron chi connectivity index (χ2n) is 6.03. The summed E-state index contributed by atoms with van der Waals surface area (Å²) < 4.78 is 0. The summed E-state index contributed by atoms with van der Waals surface area (Å²) in [4.78, 5) is 24.9. The van der Waals surface area contributed by atoms with Gasteiger partial charge in [0.05, 0.1) is 22.0 Å². The Hall–Kier alpha value is -3.19. The van der Waals surface area contributed by atoms with Crippen molar-refractivity contribution in [3.63, 3.8) is 0 Å². The SMILES string of the molecule is CNC(=O)c1ccc(-c2nc(N)nc(C)c2-c2ccc(N)nc2C)cc1Cl. The van der Waals surface area contributed by atoms with Gasteiger partial charge in [-0.1, -0.05) is 17.7 Å². The predicted molar refractivity (Wildman–Crippen MR) is 107 cm³/mol. The number of rotatable bonds is 3. The van der Waals surface area contributed by atoms with Crippen molar-refractivity contribution in [2.75, 3.05) is 18.5 Å². The lowest BCUT2D eigenvalue weighted by Gasteiger charge is -2.15. The number of nitrogens with zero attached hydrogens (tertiary/aromatic N) is 3. The first-order chi connectivity index (χ1) is 12.8. The van der Waals surface area contributed by atoms with Crippen molar-refractivity contribution in [3.05, 3.63) is 52.3 Å². The van der Waals surface area contributed by atoms with Gasteiger partial charge in [0.25, 0.3) is 5.91 Å². The number of carbonyl (C=O) groups is 1. The van der Waals surface area contributed by atoms with Crippen LogP contribution in [-0.4, -0.2) is 27.9 Å². The second kappa shape index (κ2) is 7.20. The molecule has 0 aliphatic rings. The average Bonchev–Trinajstić information content (AvgIpc) is 2.61. The van der Waals surface area contributed by atoms with E-state index in [1.165, 1.54) is 0 Å². The molecule has 8 heteroatoms. The van der Waals surface area contributed by atoms with Crippen LogP contribution < -0.4 is 16.8 Å². The van der Waals surface area contributed by atoms with E-state index in [0.29, 0.717) is 27.8 Å². The van der Waals surface area contributed by atoms with Gasteiger partial charge >= 0.3 is 0 Å². The minimum absolute atomic E-state index is 0.152. The van der Waals surface area contributed by atoms with Gasteiger partial charge in [-0.25, -0.2) is 15.0 Å². The Bertz CT molecular complexity index is 1050. The number of hydrogen-bond acceptors (Lipinski definition) is 6. The second-order valence-corrected chi connectivity index (χ2v) is 6.44. The summed E-state index contributed by atoms with van der Waals surface area (Å²) in [6.07, 6.45) is 0. The highest BCUT2D eigenvalue weighted by molar-refractivity contribution is 6.34. The van der Waals surface area contributed by atoms with E-state index in [2.05, 4.69) is 20.3 Å². The lowest BCUT2D eigenvalue weighted by Crippen LogP contribution is -2.18. The van der Waals surface area contributed by atoms with Gasteiger partial charge in [0, 0.05) is 29.4 Å². The van der Waals surface area contributed by atoms with Crippen LogP contribution in [0.15, 0.2) is 30.3 Å². The quantitative estimate of drug-likeness (QED) is 0.640. The number of nitrogens with two attached hydrogens (primary N) is 2. The Balaban J connectivity index is 2.25. The van der Waals surface area contributed by atoms with Crippen molar-refractivity contribution in [1.82, 2.24) is 20.3 Å². The molecule has 0 aliphatic heterocycles. The summed E-state index contributed by atoms with van der Waals surface area (Å²) in [5.41, 5.74) is 16.5. The van der Waals surface area contributed by atoms with Gasteiger partial charge in [0.1, 0.15) is 5.82 Å². The first-order valence-corrected chi connectivity index (χ1v) is 8.59. The number of anilines is 2. The molecule has 0 unspecified atom stereocenters. The highest BCUT2D eigenvalue weighted by atomic mass is 35.5. The minimum Gasteiger partial charge on any atom is -0.384 e. The minimum atomic E-state index is -0.260. The normalized spacial score (nSPS) is 10.7. The largest absolute Gasteiger partial charge is 0.384 e. The number of benzene rings is 1. The van der Waals surface area contributed by atoms with Gasteiger partial charge in [-0.3, -0.25) is 4.79 Å². The summed E-state index contributed by atoms with van der Waals surface area (Å²) in [6.45, 7) is 3.72. The Morgan fingerprint density at radius 3 is 2.41 bits per heavy atom. The Kier molecular flexibility index (Phi) is 4.96. The molecule has 7 nitrogen and oxygen atoms in total. The molecule has 0 spiro atoms. The molecule has 0 radical (unpaired) electrons. The number of amides is 1. The van der Waals surface area contributed by atoms with Crippen molar-refractivity contribution in [3.8, 4) is 22.4 Å². The van der Waals surface area contributed by atoms with Crippen molar-refractivity contribution < 1.29 is 4.79 Å². The first kappa shape index (κ1) is 18.6. The molecule has 0 saturated heterocycles. The van der Waals surface area contributed by atoms with Gasteiger partial charge in [-0.2, -0.15) is 0 Å². The number of carbonyl (C=O) groups excluding carboxylic acids is 1. The summed E-state index contributed by atoms with van der Waals surface area (Å²) in [5.74, 6) is 0.326. The molecule has 138 valence electrons. The Morgan fingerprint density at radius 2 is 1.78 bits per heavy atom. The average molecular weight is 383 g/mol. The van der Waals surface area contributed by atoms with Gasteiger partial charge in [-0.15, -0.1) is 0 Å². The van der Waals surface area contributed by atoms with Crippen LogP contribution in [0.25, 0.3) is 22.4 Å². The third-order valence-electron chi connectivity index (χ3n) is 4.20. The molecular formula is C19H19ClN6O. The zero-order valence-electron chi connectivity index (χ0n) is 15.2. The molecular weight excluding hydrogens is 364 g/mol. The number of halogens is 1. The van der Waals surface area contributed by atoms with Crippen LogP contribution in [0, 0.1) is 13.8 Å². The summed E-state index contributed by atoms with van der Waals surface area (Å²) in [7, 11) is 1.55. The number of pyridine rings is 1. The maximum Gasteiger partial charge on any atom is 0.252 e. The van der Waals surface area contributed by atoms with Crippen molar-refractivity contribution in [1.29, 1.82) is 0 Å². The zero-order valence-corrected chi connectivity index (χ0v) is 15.9. The van der Waals surface area contributed by atoms with E-state index < -0.39 is 0 Å². The smallest absolute Gasteiger partial charge is 0.252 e. The molecule has 0 fully saturated rings. The van der Waals surface area contributed by atoms with E-state index in [0.717, 1.165) is 22.4 Å². The molecule has 2 heterocycles. The van der Waals surface area contributed by atoms with E-state index in [1.54, 1.807) is 31.3 Å². The van der Waals surface area contributed by atoms with Crippen LogP contribution in [0.1, 0.15) is 21.7 Å². The molecule has 1 aromatic carbocycles. The molecule has 1 amide bonds. The van der Waals surface area contributed by atoms with Crippen LogP contribution in [-0.2, 0) is 0 Å². The summed E-state index contributed by atoms with van der Waals surface area (Å²) in [6, 6.07) is 8.73. The van der Waals surface area contributed by atoms with Crippen LogP contribution in [0.4, 0.5) is 11.8 Å². The molecule has 0 aliphatic carbocycles. The number of nitrogens with one attached hydrogen (secondary N) is 1. The van der Waals surface area contributed by atoms with E-state index in [-0.39, 0.29) is 11.9 Å². The van der Waals surface area contributed by atoms with Crippen molar-refractivity contribution >= 4 is 29.3 Å². The lowest BCUT2D eigenvalue weighted by atomic mass is 9.96. The first-order valence-electron chi connectivity index (χ1n) is 8.21. The summed E-state index contributed by atoms with van der Waals surface area (Å²) >= 11 is 6.32. The molecule has 2 aromatic heterocycles. The summed E-state index contributed by atoms with van der Waals surface area (Å²) in [5, 5.41) is 2.88. The fraction of sp³-hybridized carbons (Fsp3) is 0.158. The van der Waals surface area contributed by atoms with E-state index >= 15 is 0 Å². The molecule has 5 N–H and O–H groups in total. The van der Waals surface area contributed by atoms with Crippen LogP contribution >= 0.6 is 11.6 Å². The highest BCUT2D eigenvalue weighted by Gasteiger charge is 2.19. The highest BCUT2D eigenvalue weighted by Crippen LogP contribution is 2.36. The molecule has 0 bridgehead atoms. The number of nitrogen functional groups attached to an aromatic ring is 2. The maximum absolute atomic E-state index is 11.9. The monoisotopic (exact) mass is 382 g/mol. The fourth-order valence-electron chi connectivity index (χ4n) is 2.95. The van der Waals surface area contributed by atoms with Crippen LogP contribution in [0.2, 0.25) is 5.02 Å². The lowest BCUT2D eigenvalue weighted by molar-refractivity contribution is 0.0963. The molecule has 27 heavy (non-hydrogen) atoms. The third-order valence-corrected chi connectivity index (χ3v) is 4.51. The van der Waals surface area contributed by atoms with Gasteiger partial charge < -0.3 is 16.8 Å². The predicted octanol–water partition coefficient (Wildman–Crippen LogP) is 3.00. The topological polar surface area (TPSA) is 120 Å². The van der Waals surface area contributed by atoms with Gasteiger partial charge in [-0.05, 0) is 38.1 Å². The van der Waals surface area contributed by atoms with Crippen LogP contribution in [0.5, 0.6) is 0 Å². The maximum atomic E-state index is 11.9. The number of hydrogen-bond donors (Lipinski definition) is 3. The number of aryl methyl sites for hydroxylation is 2. The van der Waals surface area contributed by atoms with E-state index in [9.17, 15) is 4.79 Å². The Morgan fingerprint density at radius 1 is 1.04 bits per heavy atom. The van der Waals surface area contributed by atoms with E-state index in [4.69, 9.17) is 23.1 Å². The molecule has 0 atom stereocenters. The molecule has 3 rings (SSSR count).